The Morgan fingerprint density at radius 2 is 2.17 bits per heavy atom. The molecule has 2 aromatic rings. The third kappa shape index (κ3) is 3.57. The number of rotatable bonds is 4. The number of nitrogens with zero attached hydrogens (tertiary/aromatic N) is 5. The molecule has 0 bridgehead atoms. The number of carbonyl (C=O) groups is 1. The standard InChI is InChI=1S/C22H30N6O2/c1-27-15-23-10-18(27)11-25-21-24-9-17-12-30-14-22(19(17)26-21)7-8-28(13-22)20(29)16-5-3-2-4-6-16/h9-10,15-16H,2-8,11-14H2,1H3,(H,24,25,26)/t22-/m0/s1. The molecular weight excluding hydrogens is 380 g/mol. The largest absolute Gasteiger partial charge is 0.376 e. The van der Waals surface area contributed by atoms with Crippen LogP contribution >= 0.6 is 0 Å². The molecule has 3 aliphatic rings. The van der Waals surface area contributed by atoms with Crippen LogP contribution < -0.4 is 5.32 Å². The van der Waals surface area contributed by atoms with E-state index in [-0.39, 0.29) is 11.3 Å². The molecule has 1 spiro atoms. The summed E-state index contributed by atoms with van der Waals surface area (Å²) in [5, 5.41) is 3.33. The van der Waals surface area contributed by atoms with E-state index >= 15 is 0 Å². The first-order valence-corrected chi connectivity index (χ1v) is 11.1. The maximum atomic E-state index is 13.1. The Kier molecular flexibility index (Phi) is 5.18. The average Bonchev–Trinajstić information content (AvgIpc) is 3.39. The molecule has 0 aromatic carbocycles. The number of aromatic nitrogens is 4. The second-order valence-electron chi connectivity index (χ2n) is 9.03. The number of carbonyl (C=O) groups excluding carboxylic acids is 1. The summed E-state index contributed by atoms with van der Waals surface area (Å²) in [5.41, 5.74) is 2.94. The number of fused-ring (bicyclic) bond motifs is 2. The molecule has 1 aliphatic carbocycles. The first-order chi connectivity index (χ1) is 14.6. The quantitative estimate of drug-likeness (QED) is 0.833. The van der Waals surface area contributed by atoms with Gasteiger partial charge in [-0.2, -0.15) is 0 Å². The van der Waals surface area contributed by atoms with Crippen LogP contribution in [0.1, 0.15) is 55.5 Å². The van der Waals surface area contributed by atoms with Crippen molar-refractivity contribution in [2.45, 2.75) is 57.1 Å². The molecule has 2 aromatic heterocycles. The van der Waals surface area contributed by atoms with Crippen LogP contribution in [-0.4, -0.2) is 50.0 Å². The summed E-state index contributed by atoms with van der Waals surface area (Å²) in [5.74, 6) is 1.16. The lowest BCUT2D eigenvalue weighted by molar-refractivity contribution is -0.135. The Bertz CT molecular complexity index is 922. The highest BCUT2D eigenvalue weighted by molar-refractivity contribution is 5.79. The van der Waals surface area contributed by atoms with Gasteiger partial charge in [0.2, 0.25) is 11.9 Å². The molecule has 0 unspecified atom stereocenters. The first-order valence-electron chi connectivity index (χ1n) is 11.1. The molecule has 5 rings (SSSR count). The van der Waals surface area contributed by atoms with Gasteiger partial charge in [0, 0.05) is 44.0 Å². The van der Waals surface area contributed by atoms with E-state index < -0.39 is 0 Å². The van der Waals surface area contributed by atoms with Crippen LogP contribution in [0.2, 0.25) is 0 Å². The molecule has 1 atom stereocenters. The van der Waals surface area contributed by atoms with Crippen molar-refractivity contribution in [3.8, 4) is 0 Å². The van der Waals surface area contributed by atoms with E-state index in [9.17, 15) is 4.79 Å². The lowest BCUT2D eigenvalue weighted by atomic mass is 9.80. The average molecular weight is 411 g/mol. The lowest BCUT2D eigenvalue weighted by Gasteiger charge is -2.35. The van der Waals surface area contributed by atoms with Gasteiger partial charge in [0.05, 0.1) is 42.9 Å². The predicted octanol–water partition coefficient (Wildman–Crippen LogP) is 2.40. The number of hydrogen-bond acceptors (Lipinski definition) is 6. The Balaban J connectivity index is 1.34. The molecule has 160 valence electrons. The van der Waals surface area contributed by atoms with Crippen LogP contribution in [0.5, 0.6) is 0 Å². The minimum absolute atomic E-state index is 0.208. The zero-order valence-electron chi connectivity index (χ0n) is 17.6. The minimum Gasteiger partial charge on any atom is -0.376 e. The van der Waals surface area contributed by atoms with Crippen molar-refractivity contribution in [1.82, 2.24) is 24.4 Å². The molecular formula is C22H30N6O2. The zero-order valence-corrected chi connectivity index (χ0v) is 17.6. The van der Waals surface area contributed by atoms with Gasteiger partial charge < -0.3 is 19.5 Å². The third-order valence-electron chi connectivity index (χ3n) is 6.97. The van der Waals surface area contributed by atoms with E-state index in [0.717, 1.165) is 42.8 Å². The molecule has 30 heavy (non-hydrogen) atoms. The Morgan fingerprint density at radius 1 is 1.30 bits per heavy atom. The van der Waals surface area contributed by atoms with Crippen molar-refractivity contribution >= 4 is 11.9 Å². The smallest absolute Gasteiger partial charge is 0.225 e. The molecule has 4 heterocycles. The highest BCUT2D eigenvalue weighted by atomic mass is 16.5. The highest BCUT2D eigenvalue weighted by Gasteiger charge is 2.47. The minimum atomic E-state index is -0.218. The number of hydrogen-bond donors (Lipinski definition) is 1. The molecule has 1 saturated heterocycles. The third-order valence-corrected chi connectivity index (χ3v) is 6.97. The molecule has 2 aliphatic heterocycles. The Labute approximate surface area is 177 Å². The van der Waals surface area contributed by atoms with E-state index in [1.807, 2.05) is 24.0 Å². The molecule has 2 fully saturated rings. The van der Waals surface area contributed by atoms with Crippen molar-refractivity contribution in [2.24, 2.45) is 13.0 Å². The summed E-state index contributed by atoms with van der Waals surface area (Å²) in [4.78, 5) is 28.7. The number of aryl methyl sites for hydroxylation is 1. The molecule has 8 nitrogen and oxygen atoms in total. The van der Waals surface area contributed by atoms with E-state index in [4.69, 9.17) is 9.72 Å². The van der Waals surface area contributed by atoms with E-state index in [1.165, 1.54) is 19.3 Å². The van der Waals surface area contributed by atoms with Crippen molar-refractivity contribution in [3.63, 3.8) is 0 Å². The van der Waals surface area contributed by atoms with Crippen LogP contribution in [0.25, 0.3) is 0 Å². The summed E-state index contributed by atoms with van der Waals surface area (Å²) in [6.45, 7) is 3.26. The van der Waals surface area contributed by atoms with E-state index in [0.29, 0.717) is 38.2 Å². The maximum Gasteiger partial charge on any atom is 0.225 e. The van der Waals surface area contributed by atoms with Gasteiger partial charge in [0.15, 0.2) is 0 Å². The maximum absolute atomic E-state index is 13.1. The zero-order chi connectivity index (χ0) is 20.6. The molecule has 0 radical (unpaired) electrons. The predicted molar refractivity (Wildman–Crippen MR) is 112 cm³/mol. The summed E-state index contributed by atoms with van der Waals surface area (Å²) < 4.78 is 7.91. The number of likely N-dealkylation sites (tertiary alicyclic amines) is 1. The molecule has 1 saturated carbocycles. The summed E-state index contributed by atoms with van der Waals surface area (Å²) in [7, 11) is 1.97. The highest BCUT2D eigenvalue weighted by Crippen LogP contribution is 2.40. The summed E-state index contributed by atoms with van der Waals surface area (Å²) >= 11 is 0. The first kappa shape index (κ1) is 19.5. The second-order valence-corrected chi connectivity index (χ2v) is 9.03. The van der Waals surface area contributed by atoms with Crippen LogP contribution in [0.15, 0.2) is 18.7 Å². The lowest BCUT2D eigenvalue weighted by Crippen LogP contribution is -2.43. The fourth-order valence-electron chi connectivity index (χ4n) is 5.19. The van der Waals surface area contributed by atoms with Gasteiger partial charge in [-0.05, 0) is 19.3 Å². The topological polar surface area (TPSA) is 85.2 Å². The van der Waals surface area contributed by atoms with Gasteiger partial charge >= 0.3 is 0 Å². The monoisotopic (exact) mass is 410 g/mol. The fraction of sp³-hybridized carbons (Fsp3) is 0.636. The van der Waals surface area contributed by atoms with E-state index in [2.05, 4.69) is 20.2 Å². The van der Waals surface area contributed by atoms with Gasteiger partial charge in [-0.15, -0.1) is 0 Å². The fourth-order valence-corrected chi connectivity index (χ4v) is 5.19. The SMILES string of the molecule is Cn1cncc1CNc1ncc2c(n1)[C@]1(CCN(C(=O)C3CCCCC3)C1)COC2. The summed E-state index contributed by atoms with van der Waals surface area (Å²) in [6, 6.07) is 0. The van der Waals surface area contributed by atoms with E-state index in [1.54, 1.807) is 6.33 Å². The Hall–Kier alpha value is -2.48. The van der Waals surface area contributed by atoms with Crippen molar-refractivity contribution in [3.05, 3.63) is 35.7 Å². The van der Waals surface area contributed by atoms with Gasteiger partial charge in [-0.3, -0.25) is 4.79 Å². The number of anilines is 1. The number of imidazole rings is 1. The van der Waals surface area contributed by atoms with Gasteiger partial charge in [-0.25, -0.2) is 15.0 Å². The van der Waals surface area contributed by atoms with Crippen LogP contribution in [0.3, 0.4) is 0 Å². The van der Waals surface area contributed by atoms with Crippen molar-refractivity contribution < 1.29 is 9.53 Å². The van der Waals surface area contributed by atoms with Crippen molar-refractivity contribution in [1.29, 1.82) is 0 Å². The van der Waals surface area contributed by atoms with Gasteiger partial charge in [0.25, 0.3) is 0 Å². The molecule has 1 N–H and O–H groups in total. The van der Waals surface area contributed by atoms with Gasteiger partial charge in [0.1, 0.15) is 0 Å². The number of nitrogens with one attached hydrogen (secondary N) is 1. The van der Waals surface area contributed by atoms with Gasteiger partial charge in [-0.1, -0.05) is 19.3 Å². The number of ether oxygens (including phenoxy) is 1. The van der Waals surface area contributed by atoms with Crippen LogP contribution in [0.4, 0.5) is 5.95 Å². The van der Waals surface area contributed by atoms with Crippen LogP contribution in [-0.2, 0) is 35.1 Å². The van der Waals surface area contributed by atoms with Crippen LogP contribution in [0, 0.1) is 5.92 Å². The molecule has 8 heteroatoms. The summed E-state index contributed by atoms with van der Waals surface area (Å²) in [6.07, 6.45) is 12.1. The number of amides is 1. The second kappa shape index (κ2) is 7.98. The Morgan fingerprint density at radius 3 is 2.97 bits per heavy atom. The normalized spacial score (nSPS) is 24.2. The van der Waals surface area contributed by atoms with Crippen molar-refractivity contribution in [2.75, 3.05) is 25.0 Å². The molecule has 1 amide bonds.